The maximum Gasteiger partial charge on any atom is 0.243 e. The molecule has 0 aromatic rings. The second-order valence-corrected chi connectivity index (χ2v) is 10.9. The number of hydrogen-bond acceptors (Lipinski definition) is 4. The van der Waals surface area contributed by atoms with Crippen molar-refractivity contribution >= 4 is 40.2 Å². The highest BCUT2D eigenvalue weighted by Gasteiger charge is 2.30. The molecular formula is C17H32IN3O3. The first-order valence-electron chi connectivity index (χ1n) is 8.16. The fourth-order valence-electron chi connectivity index (χ4n) is 1.85. The summed E-state index contributed by atoms with van der Waals surface area (Å²) in [4.78, 5) is 38.8. The first-order valence-corrected chi connectivity index (χ1v) is 9.24. The molecule has 0 spiro atoms. The van der Waals surface area contributed by atoms with Crippen molar-refractivity contribution in [3.63, 3.8) is 0 Å². The summed E-state index contributed by atoms with van der Waals surface area (Å²) in [5, 5.41) is 5.51. The van der Waals surface area contributed by atoms with Gasteiger partial charge in [0.15, 0.2) is 0 Å². The summed E-state index contributed by atoms with van der Waals surface area (Å²) in [5.74, 6) is -0.581. The second kappa shape index (κ2) is 9.70. The van der Waals surface area contributed by atoms with Crippen LogP contribution < -0.4 is 10.6 Å². The van der Waals surface area contributed by atoms with Crippen molar-refractivity contribution in [2.24, 2.45) is 5.41 Å². The van der Waals surface area contributed by atoms with E-state index in [1.54, 1.807) is 0 Å². The topological polar surface area (TPSA) is 78.5 Å². The number of amides is 2. The monoisotopic (exact) mass is 453 g/mol. The number of carbonyl (C=O) groups is 3. The van der Waals surface area contributed by atoms with Gasteiger partial charge in [0.2, 0.25) is 11.8 Å². The molecule has 140 valence electrons. The van der Waals surface area contributed by atoms with Crippen LogP contribution in [0.5, 0.6) is 0 Å². The zero-order valence-corrected chi connectivity index (χ0v) is 18.1. The summed E-state index contributed by atoms with van der Waals surface area (Å²) < 4.78 is -0.207. The molecular weight excluding hydrogens is 421 g/mol. The van der Waals surface area contributed by atoms with E-state index in [4.69, 9.17) is 0 Å². The predicted octanol–water partition coefficient (Wildman–Crippen LogP) is 1.76. The highest BCUT2D eigenvalue weighted by Crippen LogP contribution is 2.21. The van der Waals surface area contributed by atoms with E-state index in [9.17, 15) is 14.4 Å². The van der Waals surface area contributed by atoms with E-state index < -0.39 is 11.5 Å². The lowest BCUT2D eigenvalue weighted by Crippen LogP contribution is -2.50. The van der Waals surface area contributed by atoms with Crippen LogP contribution in [0.1, 0.15) is 47.5 Å². The highest BCUT2D eigenvalue weighted by atomic mass is 127. The molecule has 0 heterocycles. The lowest BCUT2D eigenvalue weighted by Gasteiger charge is -2.24. The third kappa shape index (κ3) is 11.0. The molecule has 24 heavy (non-hydrogen) atoms. The van der Waals surface area contributed by atoms with Crippen LogP contribution in [-0.2, 0) is 14.4 Å². The first-order chi connectivity index (χ1) is 10.7. The molecule has 0 bridgehead atoms. The predicted molar refractivity (Wildman–Crippen MR) is 105 cm³/mol. The Morgan fingerprint density at radius 2 is 1.62 bits per heavy atom. The van der Waals surface area contributed by atoms with Crippen LogP contribution in [0.15, 0.2) is 0 Å². The largest absolute Gasteiger partial charge is 0.353 e. The molecule has 0 aliphatic carbocycles. The third-order valence-electron chi connectivity index (χ3n) is 3.32. The Labute approximate surface area is 159 Å². The maximum atomic E-state index is 12.4. The average Bonchev–Trinajstić information content (AvgIpc) is 2.33. The van der Waals surface area contributed by atoms with E-state index >= 15 is 0 Å². The quantitative estimate of drug-likeness (QED) is 0.412. The van der Waals surface area contributed by atoms with E-state index in [-0.39, 0.29) is 27.4 Å². The molecule has 0 radical (unpaired) electrons. The molecule has 7 heteroatoms. The van der Waals surface area contributed by atoms with Gasteiger partial charge >= 0.3 is 0 Å². The fourth-order valence-corrected chi connectivity index (χ4v) is 2.20. The molecule has 1 atom stereocenters. The van der Waals surface area contributed by atoms with Crippen LogP contribution in [0, 0.1) is 5.41 Å². The van der Waals surface area contributed by atoms with Gasteiger partial charge in [-0.05, 0) is 14.1 Å². The van der Waals surface area contributed by atoms with Crippen LogP contribution >= 0.6 is 22.6 Å². The Bertz CT molecular complexity index is 451. The van der Waals surface area contributed by atoms with Crippen molar-refractivity contribution in [3.05, 3.63) is 0 Å². The number of likely N-dealkylation sites (N-methyl/N-ethyl adjacent to an activating group) is 1. The first kappa shape index (κ1) is 23.3. The van der Waals surface area contributed by atoms with Crippen molar-refractivity contribution in [3.8, 4) is 0 Å². The smallest absolute Gasteiger partial charge is 0.243 e. The van der Waals surface area contributed by atoms with Crippen molar-refractivity contribution < 1.29 is 14.4 Å². The van der Waals surface area contributed by atoms with Crippen molar-refractivity contribution in [2.45, 2.75) is 56.9 Å². The second-order valence-electron chi connectivity index (χ2n) is 7.99. The molecule has 2 amide bonds. The minimum atomic E-state index is -0.829. The van der Waals surface area contributed by atoms with Gasteiger partial charge in [0.05, 0.1) is 0 Å². The summed E-state index contributed by atoms with van der Waals surface area (Å²) in [6.45, 7) is 10.5. The molecule has 0 rings (SSSR count). The van der Waals surface area contributed by atoms with Crippen LogP contribution in [0.3, 0.4) is 0 Å². The Balaban J connectivity index is 4.91. The number of halogens is 1. The lowest BCUT2D eigenvalue weighted by molar-refractivity contribution is -0.133. The number of alkyl halides is 1. The normalized spacial score (nSPS) is 13.5. The summed E-state index contributed by atoms with van der Waals surface area (Å²) in [7, 11) is 3.83. The number of ketones is 1. The molecule has 0 aliphatic rings. The minimum Gasteiger partial charge on any atom is -0.353 e. The fraction of sp³-hybridized carbons (Fsp3) is 0.824. The zero-order chi connectivity index (χ0) is 19.1. The lowest BCUT2D eigenvalue weighted by atomic mass is 9.87. The van der Waals surface area contributed by atoms with E-state index in [0.29, 0.717) is 19.5 Å². The molecule has 0 aromatic carbocycles. The van der Waals surface area contributed by atoms with Gasteiger partial charge in [0.25, 0.3) is 0 Å². The molecule has 1 unspecified atom stereocenters. The standard InChI is InChI=1S/C17H32IN3O3/c1-16(2,3)13(22)10-12(15(24)19-8-9-21(6)7)20-14(23)11-17(4,5)18/h12H,8-11H2,1-7H3,(H,19,24)(H,20,23). The van der Waals surface area contributed by atoms with E-state index in [0.717, 1.165) is 0 Å². The number of rotatable bonds is 9. The zero-order valence-electron chi connectivity index (χ0n) is 16.0. The van der Waals surface area contributed by atoms with Gasteiger partial charge in [-0.25, -0.2) is 0 Å². The molecule has 0 aromatic heterocycles. The Morgan fingerprint density at radius 1 is 1.08 bits per heavy atom. The molecule has 2 N–H and O–H groups in total. The van der Waals surface area contributed by atoms with Crippen LogP contribution in [-0.4, -0.2) is 59.1 Å². The van der Waals surface area contributed by atoms with Crippen LogP contribution in [0.2, 0.25) is 0 Å². The highest BCUT2D eigenvalue weighted by molar-refractivity contribution is 14.1. The summed E-state index contributed by atoms with van der Waals surface area (Å²) in [5.41, 5.74) is -0.546. The number of carbonyl (C=O) groups excluding carboxylic acids is 3. The number of hydrogen-bond donors (Lipinski definition) is 2. The molecule has 0 fully saturated rings. The Hall–Kier alpha value is -0.700. The summed E-state index contributed by atoms with van der Waals surface area (Å²) >= 11 is 2.19. The van der Waals surface area contributed by atoms with Gasteiger partial charge in [0, 0.05) is 34.8 Å². The van der Waals surface area contributed by atoms with Gasteiger partial charge in [0.1, 0.15) is 11.8 Å². The van der Waals surface area contributed by atoms with Gasteiger partial charge in [-0.15, -0.1) is 0 Å². The molecule has 0 saturated heterocycles. The molecule has 6 nitrogen and oxygen atoms in total. The van der Waals surface area contributed by atoms with Crippen LogP contribution in [0.4, 0.5) is 0 Å². The summed E-state index contributed by atoms with van der Waals surface area (Å²) in [6.07, 6.45) is 0.295. The van der Waals surface area contributed by atoms with E-state index in [2.05, 4.69) is 33.2 Å². The van der Waals surface area contributed by atoms with Crippen molar-refractivity contribution in [1.29, 1.82) is 0 Å². The minimum absolute atomic E-state index is 0.00467. The average molecular weight is 453 g/mol. The number of nitrogens with zero attached hydrogens (tertiary/aromatic N) is 1. The van der Waals surface area contributed by atoms with Gasteiger partial charge in [-0.1, -0.05) is 57.2 Å². The third-order valence-corrected chi connectivity index (χ3v) is 3.70. The molecule has 0 aliphatic heterocycles. The van der Waals surface area contributed by atoms with Crippen molar-refractivity contribution in [1.82, 2.24) is 15.5 Å². The van der Waals surface area contributed by atoms with E-state index in [1.165, 1.54) is 0 Å². The summed E-state index contributed by atoms with van der Waals surface area (Å²) in [6, 6.07) is -0.829. The van der Waals surface area contributed by atoms with Crippen molar-refractivity contribution in [2.75, 3.05) is 27.2 Å². The van der Waals surface area contributed by atoms with Gasteiger partial charge < -0.3 is 15.5 Å². The van der Waals surface area contributed by atoms with Gasteiger partial charge in [-0.2, -0.15) is 0 Å². The number of nitrogens with one attached hydrogen (secondary N) is 2. The Kier molecular flexibility index (Phi) is 9.41. The SMILES string of the molecule is CN(C)CCNC(=O)C(CC(=O)C(C)(C)C)NC(=O)CC(C)(C)I. The Morgan fingerprint density at radius 3 is 2.04 bits per heavy atom. The van der Waals surface area contributed by atoms with E-state index in [1.807, 2.05) is 53.6 Å². The molecule has 0 saturated carbocycles. The van der Waals surface area contributed by atoms with Gasteiger partial charge in [-0.3, -0.25) is 14.4 Å². The number of Topliss-reactive ketones (excluding diaryl/α,β-unsaturated/α-hetero) is 1. The maximum absolute atomic E-state index is 12.4. The van der Waals surface area contributed by atoms with Crippen LogP contribution in [0.25, 0.3) is 0 Å².